The fraction of sp³-hybridized carbons (Fsp3) is 0.333. The largest absolute Gasteiger partial charge is 0.444 e. The zero-order chi connectivity index (χ0) is 22.5. The number of hydrogen-bond acceptors (Lipinski definition) is 5. The van der Waals surface area contributed by atoms with E-state index in [9.17, 15) is 4.79 Å². The van der Waals surface area contributed by atoms with Gasteiger partial charge < -0.3 is 9.72 Å². The van der Waals surface area contributed by atoms with Gasteiger partial charge in [0.15, 0.2) is 0 Å². The minimum absolute atomic E-state index is 0.0748. The maximum absolute atomic E-state index is 12.6. The molecule has 32 heavy (non-hydrogen) atoms. The molecule has 1 aromatic carbocycles. The van der Waals surface area contributed by atoms with Crippen molar-refractivity contribution >= 4 is 54.1 Å². The number of likely N-dealkylation sites (tertiary alicyclic amines) is 1. The Hall–Kier alpha value is -2.16. The molecule has 1 fully saturated rings. The topological polar surface area (TPSA) is 58.2 Å². The van der Waals surface area contributed by atoms with Crippen molar-refractivity contribution in [3.05, 3.63) is 51.5 Å². The van der Waals surface area contributed by atoms with E-state index in [1.165, 1.54) is 25.0 Å². The SMILES string of the molecule is CC(C)(C)OC(=O)N1CCC[C@H]1c1ncc(-c2ccc(-c3csc4c(Br)csc34)cc2)[nH]1. The summed E-state index contributed by atoms with van der Waals surface area (Å²) in [4.78, 5) is 22.5. The Labute approximate surface area is 203 Å². The molecular formula is C24H24BrN3O2S2. The monoisotopic (exact) mass is 529 g/mol. The normalized spacial score (nSPS) is 16.8. The lowest BCUT2D eigenvalue weighted by atomic mass is 10.1. The summed E-state index contributed by atoms with van der Waals surface area (Å²) in [7, 11) is 0. The third-order valence-corrected chi connectivity index (χ3v) is 8.89. The first-order valence-corrected chi connectivity index (χ1v) is 13.1. The Kier molecular flexibility index (Phi) is 5.63. The van der Waals surface area contributed by atoms with Crippen LogP contribution in [0.1, 0.15) is 45.5 Å². The Bertz CT molecular complexity index is 1270. The number of aromatic nitrogens is 2. The summed E-state index contributed by atoms with van der Waals surface area (Å²) in [6, 6.07) is 8.49. The number of ether oxygens (including phenoxy) is 1. The van der Waals surface area contributed by atoms with Crippen molar-refractivity contribution in [3.63, 3.8) is 0 Å². The van der Waals surface area contributed by atoms with Gasteiger partial charge in [-0.25, -0.2) is 9.78 Å². The van der Waals surface area contributed by atoms with E-state index in [1.807, 2.05) is 27.0 Å². The molecule has 0 bridgehead atoms. The lowest BCUT2D eigenvalue weighted by Crippen LogP contribution is -2.36. The molecule has 1 aliphatic rings. The summed E-state index contributed by atoms with van der Waals surface area (Å²) in [6.07, 6.45) is 3.41. The molecule has 0 radical (unpaired) electrons. The molecule has 1 N–H and O–H groups in total. The van der Waals surface area contributed by atoms with Crippen LogP contribution in [0.15, 0.2) is 45.7 Å². The fourth-order valence-corrected chi connectivity index (χ4v) is 7.13. The summed E-state index contributed by atoms with van der Waals surface area (Å²) in [6.45, 7) is 6.37. The average molecular weight is 531 g/mol. The Morgan fingerprint density at radius 1 is 1.16 bits per heavy atom. The highest BCUT2D eigenvalue weighted by Crippen LogP contribution is 2.42. The van der Waals surface area contributed by atoms with Crippen molar-refractivity contribution in [2.24, 2.45) is 0 Å². The van der Waals surface area contributed by atoms with Crippen molar-refractivity contribution in [3.8, 4) is 22.4 Å². The van der Waals surface area contributed by atoms with Crippen LogP contribution in [0.3, 0.4) is 0 Å². The highest BCUT2D eigenvalue weighted by atomic mass is 79.9. The van der Waals surface area contributed by atoms with Crippen molar-refractivity contribution in [2.75, 3.05) is 6.54 Å². The van der Waals surface area contributed by atoms with Gasteiger partial charge in [-0.05, 0) is 60.7 Å². The Balaban J connectivity index is 1.36. The van der Waals surface area contributed by atoms with E-state index in [0.717, 1.165) is 29.9 Å². The predicted octanol–water partition coefficient (Wildman–Crippen LogP) is 7.85. The lowest BCUT2D eigenvalue weighted by molar-refractivity contribution is 0.0218. The van der Waals surface area contributed by atoms with Crippen LogP contribution in [0.25, 0.3) is 31.8 Å². The number of aromatic amines is 1. The van der Waals surface area contributed by atoms with E-state index in [1.54, 1.807) is 27.6 Å². The summed E-state index contributed by atoms with van der Waals surface area (Å²) >= 11 is 7.17. The van der Waals surface area contributed by atoms with Gasteiger partial charge in [0.05, 0.1) is 27.3 Å². The standard InChI is InChI=1S/C24H24BrN3O2S2/c1-24(2,3)30-23(29)28-10-4-5-19(28)22-26-11-18(27-22)15-8-6-14(7-9-15)16-12-31-21-17(25)13-32-20(16)21/h6-9,11-13,19H,4-5,10H2,1-3H3,(H,26,27)/t19-/m0/s1. The van der Waals surface area contributed by atoms with E-state index >= 15 is 0 Å². The number of nitrogens with one attached hydrogen (secondary N) is 1. The van der Waals surface area contributed by atoms with Gasteiger partial charge in [-0.2, -0.15) is 0 Å². The number of hydrogen-bond donors (Lipinski definition) is 1. The van der Waals surface area contributed by atoms with E-state index in [2.05, 4.69) is 60.9 Å². The molecule has 5 nitrogen and oxygen atoms in total. The predicted molar refractivity (Wildman–Crippen MR) is 135 cm³/mol. The lowest BCUT2D eigenvalue weighted by Gasteiger charge is -2.27. The molecule has 8 heteroatoms. The minimum Gasteiger partial charge on any atom is -0.444 e. The zero-order valence-electron chi connectivity index (χ0n) is 18.1. The first-order valence-electron chi connectivity index (χ1n) is 10.6. The number of carbonyl (C=O) groups excluding carboxylic acids is 1. The average Bonchev–Trinajstić information content (AvgIpc) is 3.52. The summed E-state index contributed by atoms with van der Waals surface area (Å²) in [5, 5.41) is 4.37. The molecule has 4 aromatic rings. The molecule has 1 saturated heterocycles. The van der Waals surface area contributed by atoms with Gasteiger partial charge >= 0.3 is 6.09 Å². The number of fused-ring (bicyclic) bond motifs is 1. The van der Waals surface area contributed by atoms with Gasteiger partial charge in [0.2, 0.25) is 0 Å². The third kappa shape index (κ3) is 4.11. The van der Waals surface area contributed by atoms with Gasteiger partial charge in [-0.3, -0.25) is 4.90 Å². The van der Waals surface area contributed by atoms with E-state index < -0.39 is 5.60 Å². The number of nitrogens with zero attached hydrogens (tertiary/aromatic N) is 2. The van der Waals surface area contributed by atoms with Gasteiger partial charge in [-0.1, -0.05) is 24.3 Å². The molecule has 0 spiro atoms. The zero-order valence-corrected chi connectivity index (χ0v) is 21.4. The molecule has 1 atom stereocenters. The third-order valence-electron chi connectivity index (χ3n) is 5.54. The van der Waals surface area contributed by atoms with Crippen LogP contribution in [-0.4, -0.2) is 33.1 Å². The molecule has 166 valence electrons. The van der Waals surface area contributed by atoms with Crippen LogP contribution in [0.2, 0.25) is 0 Å². The number of imidazole rings is 1. The Morgan fingerprint density at radius 3 is 2.62 bits per heavy atom. The van der Waals surface area contributed by atoms with Crippen LogP contribution in [-0.2, 0) is 4.74 Å². The second-order valence-corrected chi connectivity index (χ2v) is 11.6. The number of amides is 1. The van der Waals surface area contributed by atoms with E-state index in [0.29, 0.717) is 6.54 Å². The second-order valence-electron chi connectivity index (χ2n) is 8.98. The molecule has 0 saturated carbocycles. The second kappa shape index (κ2) is 8.32. The van der Waals surface area contributed by atoms with Gasteiger partial charge in [-0.15, -0.1) is 22.7 Å². The molecule has 0 unspecified atom stereocenters. The van der Waals surface area contributed by atoms with Crippen molar-refractivity contribution in [1.29, 1.82) is 0 Å². The quantitative estimate of drug-likeness (QED) is 0.293. The van der Waals surface area contributed by atoms with Gasteiger partial charge in [0.25, 0.3) is 0 Å². The van der Waals surface area contributed by atoms with Gasteiger partial charge in [0.1, 0.15) is 11.4 Å². The number of H-pyrrole nitrogens is 1. The molecule has 5 rings (SSSR count). The maximum atomic E-state index is 12.6. The van der Waals surface area contributed by atoms with Gasteiger partial charge in [0, 0.05) is 27.3 Å². The smallest absolute Gasteiger partial charge is 0.410 e. The highest BCUT2D eigenvalue weighted by Gasteiger charge is 2.34. The molecule has 1 aliphatic heterocycles. The van der Waals surface area contributed by atoms with Crippen LogP contribution >= 0.6 is 38.6 Å². The van der Waals surface area contributed by atoms with Crippen LogP contribution in [0, 0.1) is 0 Å². The highest BCUT2D eigenvalue weighted by molar-refractivity contribution is 9.10. The number of rotatable bonds is 3. The van der Waals surface area contributed by atoms with E-state index in [-0.39, 0.29) is 12.1 Å². The number of carbonyl (C=O) groups is 1. The number of thiophene rings is 2. The van der Waals surface area contributed by atoms with Crippen LogP contribution in [0.4, 0.5) is 4.79 Å². The summed E-state index contributed by atoms with van der Waals surface area (Å²) < 4.78 is 9.38. The van der Waals surface area contributed by atoms with E-state index in [4.69, 9.17) is 4.74 Å². The fourth-order valence-electron chi connectivity index (χ4n) is 4.06. The number of benzene rings is 1. The van der Waals surface area contributed by atoms with Crippen molar-refractivity contribution in [2.45, 2.75) is 45.3 Å². The molecule has 1 amide bonds. The summed E-state index contributed by atoms with van der Waals surface area (Å²) in [5.74, 6) is 0.815. The maximum Gasteiger partial charge on any atom is 0.410 e. The van der Waals surface area contributed by atoms with Crippen molar-refractivity contribution < 1.29 is 9.53 Å². The molecule has 3 aromatic heterocycles. The Morgan fingerprint density at radius 2 is 1.88 bits per heavy atom. The molecular weight excluding hydrogens is 506 g/mol. The number of halogens is 1. The summed E-state index contributed by atoms with van der Waals surface area (Å²) in [5.41, 5.74) is 4.01. The minimum atomic E-state index is -0.506. The van der Waals surface area contributed by atoms with Crippen molar-refractivity contribution in [1.82, 2.24) is 14.9 Å². The first kappa shape index (κ1) is 21.7. The molecule has 4 heterocycles. The van der Waals surface area contributed by atoms with Crippen LogP contribution in [0.5, 0.6) is 0 Å². The first-order chi connectivity index (χ1) is 15.3. The molecule has 0 aliphatic carbocycles. The van der Waals surface area contributed by atoms with Crippen LogP contribution < -0.4 is 0 Å².